The first kappa shape index (κ1) is 28.4. The van der Waals surface area contributed by atoms with Crippen LogP contribution in [0.4, 0.5) is 10.5 Å². The molecule has 202 valence electrons. The molecule has 0 bridgehead atoms. The van der Waals surface area contributed by atoms with Crippen LogP contribution in [-0.2, 0) is 15.0 Å². The normalized spacial score (nSPS) is 14.6. The standard InChI is InChI=1S/C30H29BrN2O5S/c1-30(2,3)21-10-13-24(14-11-21)37-15-16-38-25-18-22(31)12-9-20(25)17-26-28(35)33(29(36)39-26)19-27(34)32-23-7-5-4-6-8-23/h4-14,17-18H,15-16,19H2,1-3H3,(H,32,34)/b26-17-. The molecule has 4 rings (SSSR count). The number of nitrogens with zero attached hydrogens (tertiary/aromatic N) is 1. The molecule has 3 amide bonds. The lowest BCUT2D eigenvalue weighted by Gasteiger charge is -2.19. The molecule has 1 heterocycles. The molecule has 1 aliphatic heterocycles. The van der Waals surface area contributed by atoms with Gasteiger partial charge in [0.25, 0.3) is 11.1 Å². The summed E-state index contributed by atoms with van der Waals surface area (Å²) in [4.78, 5) is 39.0. The highest BCUT2D eigenvalue weighted by Gasteiger charge is 2.36. The SMILES string of the molecule is CC(C)(C)c1ccc(OCCOc2cc(Br)ccc2/C=C2\SC(=O)N(CC(=O)Nc3ccccc3)C2=O)cc1. The molecule has 1 aliphatic rings. The summed E-state index contributed by atoms with van der Waals surface area (Å²) in [6.45, 7) is 6.72. The monoisotopic (exact) mass is 608 g/mol. The zero-order valence-corrected chi connectivity index (χ0v) is 24.3. The predicted molar refractivity (Wildman–Crippen MR) is 158 cm³/mol. The summed E-state index contributed by atoms with van der Waals surface area (Å²) < 4.78 is 12.6. The van der Waals surface area contributed by atoms with E-state index in [0.717, 1.165) is 26.9 Å². The minimum atomic E-state index is -0.524. The van der Waals surface area contributed by atoms with E-state index in [2.05, 4.69) is 54.2 Å². The molecule has 9 heteroatoms. The molecule has 1 N–H and O–H groups in total. The van der Waals surface area contributed by atoms with E-state index < -0.39 is 17.1 Å². The van der Waals surface area contributed by atoms with Crippen molar-refractivity contribution in [3.8, 4) is 11.5 Å². The fourth-order valence-electron chi connectivity index (χ4n) is 3.76. The van der Waals surface area contributed by atoms with E-state index in [9.17, 15) is 14.4 Å². The van der Waals surface area contributed by atoms with Crippen LogP contribution in [-0.4, -0.2) is 41.7 Å². The maximum Gasteiger partial charge on any atom is 0.294 e. The van der Waals surface area contributed by atoms with Gasteiger partial charge in [-0.3, -0.25) is 19.3 Å². The highest BCUT2D eigenvalue weighted by Crippen LogP contribution is 2.35. The summed E-state index contributed by atoms with van der Waals surface area (Å²) in [5.41, 5.74) is 2.52. The second-order valence-electron chi connectivity index (χ2n) is 9.84. The first-order valence-corrected chi connectivity index (χ1v) is 14.0. The number of halogens is 1. The van der Waals surface area contributed by atoms with Crippen molar-refractivity contribution >= 4 is 56.5 Å². The largest absolute Gasteiger partial charge is 0.490 e. The van der Waals surface area contributed by atoms with E-state index in [1.165, 1.54) is 5.56 Å². The molecule has 0 unspecified atom stereocenters. The number of rotatable bonds is 9. The van der Waals surface area contributed by atoms with Gasteiger partial charge in [0.05, 0.1) is 4.91 Å². The maximum absolute atomic E-state index is 13.0. The maximum atomic E-state index is 13.0. The number of carbonyl (C=O) groups excluding carboxylic acids is 3. The number of carbonyl (C=O) groups is 3. The molecule has 3 aromatic carbocycles. The molecular formula is C30H29BrN2O5S. The lowest BCUT2D eigenvalue weighted by atomic mass is 9.87. The van der Waals surface area contributed by atoms with E-state index in [-0.39, 0.29) is 23.5 Å². The highest BCUT2D eigenvalue weighted by atomic mass is 79.9. The summed E-state index contributed by atoms with van der Waals surface area (Å²) in [5, 5.41) is 2.19. The first-order valence-electron chi connectivity index (χ1n) is 12.4. The Labute approximate surface area is 240 Å². The highest BCUT2D eigenvalue weighted by molar-refractivity contribution is 9.10. The number of nitrogens with one attached hydrogen (secondary N) is 1. The van der Waals surface area contributed by atoms with Gasteiger partial charge in [-0.15, -0.1) is 0 Å². The third-order valence-electron chi connectivity index (χ3n) is 5.83. The molecular weight excluding hydrogens is 580 g/mol. The smallest absolute Gasteiger partial charge is 0.294 e. The lowest BCUT2D eigenvalue weighted by Crippen LogP contribution is -2.36. The van der Waals surface area contributed by atoms with Gasteiger partial charge in [0.2, 0.25) is 5.91 Å². The molecule has 0 saturated carbocycles. The van der Waals surface area contributed by atoms with Crippen molar-refractivity contribution in [1.29, 1.82) is 0 Å². The Bertz CT molecular complexity index is 1380. The third kappa shape index (κ3) is 7.74. The molecule has 1 saturated heterocycles. The molecule has 0 aliphatic carbocycles. The number of imide groups is 1. The van der Waals surface area contributed by atoms with Gasteiger partial charge < -0.3 is 14.8 Å². The van der Waals surface area contributed by atoms with Gasteiger partial charge >= 0.3 is 0 Å². The average molecular weight is 610 g/mol. The number of amides is 3. The van der Waals surface area contributed by atoms with Crippen LogP contribution in [0, 0.1) is 0 Å². The summed E-state index contributed by atoms with van der Waals surface area (Å²) in [7, 11) is 0. The van der Waals surface area contributed by atoms with E-state index >= 15 is 0 Å². The Morgan fingerprint density at radius 1 is 0.974 bits per heavy atom. The number of hydrogen-bond acceptors (Lipinski definition) is 6. The van der Waals surface area contributed by atoms with E-state index in [1.807, 2.05) is 24.3 Å². The van der Waals surface area contributed by atoms with Crippen LogP contribution >= 0.6 is 27.7 Å². The number of para-hydroxylation sites is 1. The average Bonchev–Trinajstić information content (AvgIpc) is 3.15. The molecule has 1 fully saturated rings. The molecule has 0 atom stereocenters. The van der Waals surface area contributed by atoms with Gasteiger partial charge in [0.15, 0.2) is 0 Å². The van der Waals surface area contributed by atoms with Crippen molar-refractivity contribution in [3.05, 3.63) is 93.3 Å². The molecule has 7 nitrogen and oxygen atoms in total. The van der Waals surface area contributed by atoms with Gasteiger partial charge in [-0.25, -0.2) is 0 Å². The first-order chi connectivity index (χ1) is 18.6. The van der Waals surface area contributed by atoms with Crippen molar-refractivity contribution in [2.45, 2.75) is 26.2 Å². The number of anilines is 1. The zero-order valence-electron chi connectivity index (χ0n) is 21.9. The van der Waals surface area contributed by atoms with Gasteiger partial charge in [-0.1, -0.05) is 73.1 Å². The van der Waals surface area contributed by atoms with Gasteiger partial charge in [0.1, 0.15) is 31.3 Å². The van der Waals surface area contributed by atoms with Crippen LogP contribution in [0.3, 0.4) is 0 Å². The Morgan fingerprint density at radius 2 is 1.67 bits per heavy atom. The fourth-order valence-corrected chi connectivity index (χ4v) is 4.93. The minimum Gasteiger partial charge on any atom is -0.490 e. The Kier molecular flexibility index (Phi) is 9.14. The zero-order chi connectivity index (χ0) is 28.0. The second-order valence-corrected chi connectivity index (χ2v) is 11.7. The fraction of sp³-hybridized carbons (Fsp3) is 0.233. The Morgan fingerprint density at radius 3 is 2.36 bits per heavy atom. The van der Waals surface area contributed by atoms with Crippen molar-refractivity contribution in [2.75, 3.05) is 25.1 Å². The molecule has 0 spiro atoms. The van der Waals surface area contributed by atoms with Crippen molar-refractivity contribution in [1.82, 2.24) is 4.90 Å². The summed E-state index contributed by atoms with van der Waals surface area (Å²) >= 11 is 4.24. The summed E-state index contributed by atoms with van der Waals surface area (Å²) in [5.74, 6) is 0.310. The second kappa shape index (κ2) is 12.5. The minimum absolute atomic E-state index is 0.0719. The topological polar surface area (TPSA) is 84.9 Å². The predicted octanol–water partition coefficient (Wildman–Crippen LogP) is 6.88. The van der Waals surface area contributed by atoms with Crippen LogP contribution < -0.4 is 14.8 Å². The van der Waals surface area contributed by atoms with Crippen LogP contribution in [0.15, 0.2) is 82.2 Å². The van der Waals surface area contributed by atoms with Crippen molar-refractivity contribution in [3.63, 3.8) is 0 Å². The Balaban J connectivity index is 1.37. The summed E-state index contributed by atoms with van der Waals surface area (Å²) in [6, 6.07) is 22.3. The van der Waals surface area contributed by atoms with Gasteiger partial charge in [0, 0.05) is 15.7 Å². The number of thioether (sulfide) groups is 1. The quantitative estimate of drug-likeness (QED) is 0.210. The van der Waals surface area contributed by atoms with Crippen LogP contribution in [0.25, 0.3) is 6.08 Å². The van der Waals surface area contributed by atoms with Crippen LogP contribution in [0.2, 0.25) is 0 Å². The summed E-state index contributed by atoms with van der Waals surface area (Å²) in [6.07, 6.45) is 1.61. The van der Waals surface area contributed by atoms with E-state index in [1.54, 1.807) is 42.5 Å². The van der Waals surface area contributed by atoms with E-state index in [0.29, 0.717) is 23.6 Å². The molecule has 3 aromatic rings. The Hall–Kier alpha value is -3.56. The van der Waals surface area contributed by atoms with Gasteiger partial charge in [-0.05, 0) is 65.2 Å². The molecule has 39 heavy (non-hydrogen) atoms. The van der Waals surface area contributed by atoms with Crippen LogP contribution in [0.5, 0.6) is 11.5 Å². The molecule has 0 aromatic heterocycles. The van der Waals surface area contributed by atoms with E-state index in [4.69, 9.17) is 9.47 Å². The van der Waals surface area contributed by atoms with Crippen molar-refractivity contribution in [2.24, 2.45) is 0 Å². The number of ether oxygens (including phenoxy) is 2. The van der Waals surface area contributed by atoms with Crippen molar-refractivity contribution < 1.29 is 23.9 Å². The van der Waals surface area contributed by atoms with Gasteiger partial charge in [-0.2, -0.15) is 0 Å². The van der Waals surface area contributed by atoms with Crippen LogP contribution in [0.1, 0.15) is 31.9 Å². The third-order valence-corrected chi connectivity index (χ3v) is 7.23. The number of hydrogen-bond donors (Lipinski definition) is 1. The molecule has 0 radical (unpaired) electrons. The lowest BCUT2D eigenvalue weighted by molar-refractivity contribution is -0.127. The number of benzene rings is 3.